The standard InChI is InChI=1S/C10H9ClF2O/c1-6(5-14)4-7-9(12)3-2-8(11)10(7)13/h2-4,14H,5H2,1H3. The molecule has 1 aromatic carbocycles. The fraction of sp³-hybridized carbons (Fsp3) is 0.200. The van der Waals surface area contributed by atoms with Gasteiger partial charge in [-0.1, -0.05) is 11.6 Å². The first kappa shape index (κ1) is 11.1. The van der Waals surface area contributed by atoms with E-state index in [4.69, 9.17) is 16.7 Å². The summed E-state index contributed by atoms with van der Waals surface area (Å²) >= 11 is 5.48. The molecule has 0 spiro atoms. The number of rotatable bonds is 2. The Hall–Kier alpha value is -0.930. The second-order valence-corrected chi connectivity index (χ2v) is 3.31. The number of aliphatic hydroxyl groups excluding tert-OH is 1. The molecule has 0 heterocycles. The monoisotopic (exact) mass is 218 g/mol. The van der Waals surface area contributed by atoms with Gasteiger partial charge in [-0.3, -0.25) is 0 Å². The molecule has 0 saturated carbocycles. The van der Waals surface area contributed by atoms with Crippen LogP contribution in [0.2, 0.25) is 5.02 Å². The van der Waals surface area contributed by atoms with Gasteiger partial charge in [0.05, 0.1) is 11.6 Å². The van der Waals surface area contributed by atoms with Crippen LogP contribution in [0.1, 0.15) is 12.5 Å². The highest BCUT2D eigenvalue weighted by Crippen LogP contribution is 2.22. The van der Waals surface area contributed by atoms with Crippen LogP contribution in [0.5, 0.6) is 0 Å². The summed E-state index contributed by atoms with van der Waals surface area (Å²) in [4.78, 5) is 0. The van der Waals surface area contributed by atoms with Gasteiger partial charge in [-0.15, -0.1) is 0 Å². The normalized spacial score (nSPS) is 11.9. The molecule has 0 radical (unpaired) electrons. The Balaban J connectivity index is 3.26. The van der Waals surface area contributed by atoms with Crippen LogP contribution in [-0.4, -0.2) is 11.7 Å². The first-order valence-corrected chi connectivity index (χ1v) is 4.35. The number of hydrogen-bond donors (Lipinski definition) is 1. The molecule has 4 heteroatoms. The maximum Gasteiger partial charge on any atom is 0.151 e. The third-order valence-electron chi connectivity index (χ3n) is 1.72. The molecule has 76 valence electrons. The van der Waals surface area contributed by atoms with Gasteiger partial charge in [0.15, 0.2) is 5.82 Å². The molecule has 0 atom stereocenters. The second kappa shape index (κ2) is 4.53. The molecule has 1 N–H and O–H groups in total. The molecule has 0 aliphatic heterocycles. The summed E-state index contributed by atoms with van der Waals surface area (Å²) < 4.78 is 26.4. The van der Waals surface area contributed by atoms with Gasteiger partial charge in [-0.05, 0) is 30.7 Å². The fourth-order valence-corrected chi connectivity index (χ4v) is 1.13. The molecule has 1 rings (SSSR count). The third kappa shape index (κ3) is 2.30. The summed E-state index contributed by atoms with van der Waals surface area (Å²) in [5.74, 6) is -1.50. The Kier molecular flexibility index (Phi) is 3.61. The minimum absolute atomic E-state index is 0.136. The van der Waals surface area contributed by atoms with Crippen LogP contribution in [0.15, 0.2) is 17.7 Å². The van der Waals surface area contributed by atoms with E-state index in [1.54, 1.807) is 6.92 Å². The maximum absolute atomic E-state index is 13.3. The van der Waals surface area contributed by atoms with Gasteiger partial charge in [0.1, 0.15) is 5.82 Å². The van der Waals surface area contributed by atoms with Crippen LogP contribution < -0.4 is 0 Å². The van der Waals surface area contributed by atoms with Crippen LogP contribution in [0.4, 0.5) is 8.78 Å². The van der Waals surface area contributed by atoms with E-state index < -0.39 is 11.6 Å². The summed E-state index contributed by atoms with van der Waals surface area (Å²) in [5.41, 5.74) is 0.245. The van der Waals surface area contributed by atoms with Crippen molar-refractivity contribution in [3.63, 3.8) is 0 Å². The molecular formula is C10H9ClF2O. The molecule has 0 amide bonds. The fourth-order valence-electron chi connectivity index (χ4n) is 0.967. The van der Waals surface area contributed by atoms with Crippen molar-refractivity contribution in [3.05, 3.63) is 39.9 Å². The summed E-state index contributed by atoms with van der Waals surface area (Å²) in [6.07, 6.45) is 1.23. The Labute approximate surface area is 85.6 Å². The van der Waals surface area contributed by atoms with E-state index in [0.717, 1.165) is 12.1 Å². The van der Waals surface area contributed by atoms with E-state index in [9.17, 15) is 8.78 Å². The maximum atomic E-state index is 13.3. The molecule has 0 fully saturated rings. The molecule has 0 unspecified atom stereocenters. The molecule has 14 heavy (non-hydrogen) atoms. The smallest absolute Gasteiger partial charge is 0.151 e. The Morgan fingerprint density at radius 3 is 2.71 bits per heavy atom. The molecule has 0 aromatic heterocycles. The zero-order chi connectivity index (χ0) is 10.7. The molecule has 0 saturated heterocycles. The SMILES string of the molecule is CC(=Cc1c(F)ccc(Cl)c1F)CO. The third-order valence-corrected chi connectivity index (χ3v) is 2.01. The highest BCUT2D eigenvalue weighted by Gasteiger charge is 2.10. The Bertz CT molecular complexity index is 375. The minimum atomic E-state index is -0.806. The van der Waals surface area contributed by atoms with E-state index in [-0.39, 0.29) is 17.2 Å². The van der Waals surface area contributed by atoms with Gasteiger partial charge < -0.3 is 5.11 Å². The van der Waals surface area contributed by atoms with Crippen molar-refractivity contribution in [2.45, 2.75) is 6.92 Å². The number of hydrogen-bond acceptors (Lipinski definition) is 1. The Morgan fingerprint density at radius 2 is 2.14 bits per heavy atom. The molecule has 1 nitrogen and oxygen atoms in total. The van der Waals surface area contributed by atoms with Gasteiger partial charge in [0.25, 0.3) is 0 Å². The second-order valence-electron chi connectivity index (χ2n) is 2.91. The lowest BCUT2D eigenvalue weighted by Crippen LogP contribution is -1.92. The lowest BCUT2D eigenvalue weighted by Gasteiger charge is -2.02. The highest BCUT2D eigenvalue weighted by molar-refractivity contribution is 6.30. The first-order valence-electron chi connectivity index (χ1n) is 3.97. The average molecular weight is 219 g/mol. The van der Waals surface area contributed by atoms with Crippen molar-refractivity contribution in [3.8, 4) is 0 Å². The van der Waals surface area contributed by atoms with E-state index in [2.05, 4.69) is 0 Å². The summed E-state index contributed by atoms with van der Waals surface area (Å²) in [6.45, 7) is 1.32. The first-order chi connectivity index (χ1) is 6.56. The van der Waals surface area contributed by atoms with Crippen LogP contribution >= 0.6 is 11.6 Å². The lowest BCUT2D eigenvalue weighted by molar-refractivity contribution is 0.332. The Morgan fingerprint density at radius 1 is 1.50 bits per heavy atom. The summed E-state index contributed by atoms with van der Waals surface area (Å²) in [5, 5.41) is 8.57. The van der Waals surface area contributed by atoms with E-state index >= 15 is 0 Å². The van der Waals surface area contributed by atoms with Gasteiger partial charge in [-0.25, -0.2) is 8.78 Å². The highest BCUT2D eigenvalue weighted by atomic mass is 35.5. The van der Waals surface area contributed by atoms with Gasteiger partial charge in [0.2, 0.25) is 0 Å². The predicted molar refractivity (Wildman–Crippen MR) is 52.1 cm³/mol. The van der Waals surface area contributed by atoms with Crippen LogP contribution in [0.3, 0.4) is 0 Å². The molecule has 1 aromatic rings. The zero-order valence-electron chi connectivity index (χ0n) is 7.52. The van der Waals surface area contributed by atoms with E-state index in [0.29, 0.717) is 5.57 Å². The molecule has 0 aliphatic carbocycles. The van der Waals surface area contributed by atoms with Crippen molar-refractivity contribution in [2.24, 2.45) is 0 Å². The van der Waals surface area contributed by atoms with Crippen molar-refractivity contribution in [1.29, 1.82) is 0 Å². The molecule has 0 aliphatic rings. The largest absolute Gasteiger partial charge is 0.392 e. The predicted octanol–water partition coefficient (Wildman–Crippen LogP) is 3.01. The van der Waals surface area contributed by atoms with Gasteiger partial charge in [0, 0.05) is 5.56 Å². The van der Waals surface area contributed by atoms with Crippen LogP contribution in [0, 0.1) is 11.6 Å². The lowest BCUT2D eigenvalue weighted by atomic mass is 10.1. The van der Waals surface area contributed by atoms with Crippen LogP contribution in [0.25, 0.3) is 6.08 Å². The van der Waals surface area contributed by atoms with Gasteiger partial charge >= 0.3 is 0 Å². The van der Waals surface area contributed by atoms with Gasteiger partial charge in [-0.2, -0.15) is 0 Å². The van der Waals surface area contributed by atoms with Crippen molar-refractivity contribution >= 4 is 17.7 Å². The number of aliphatic hydroxyl groups is 1. The zero-order valence-corrected chi connectivity index (χ0v) is 8.28. The number of halogens is 3. The van der Waals surface area contributed by atoms with E-state index in [1.807, 2.05) is 0 Å². The van der Waals surface area contributed by atoms with Crippen molar-refractivity contribution in [2.75, 3.05) is 6.61 Å². The average Bonchev–Trinajstić information content (AvgIpc) is 2.18. The topological polar surface area (TPSA) is 20.2 Å². The van der Waals surface area contributed by atoms with Crippen molar-refractivity contribution in [1.82, 2.24) is 0 Å². The van der Waals surface area contributed by atoms with Crippen LogP contribution in [-0.2, 0) is 0 Å². The molecular weight excluding hydrogens is 210 g/mol. The van der Waals surface area contributed by atoms with E-state index in [1.165, 1.54) is 6.08 Å². The summed E-state index contributed by atoms with van der Waals surface area (Å²) in [7, 11) is 0. The van der Waals surface area contributed by atoms with Crippen molar-refractivity contribution < 1.29 is 13.9 Å². The number of benzene rings is 1. The summed E-state index contributed by atoms with van der Waals surface area (Å²) in [6, 6.07) is 2.24. The minimum Gasteiger partial charge on any atom is -0.392 e. The quantitative estimate of drug-likeness (QED) is 0.757. The molecule has 0 bridgehead atoms.